The van der Waals surface area contributed by atoms with Crippen LogP contribution in [-0.2, 0) is 29.2 Å². The van der Waals surface area contributed by atoms with Gasteiger partial charge in [0.2, 0.25) is 0 Å². The summed E-state index contributed by atoms with van der Waals surface area (Å²) >= 11 is 0. The van der Waals surface area contributed by atoms with Crippen molar-refractivity contribution in [1.29, 1.82) is 0 Å². The predicted molar refractivity (Wildman–Crippen MR) is 90.5 cm³/mol. The lowest BCUT2D eigenvalue weighted by atomic mass is 9.69. The van der Waals surface area contributed by atoms with Crippen LogP contribution in [0.5, 0.6) is 0 Å². The Morgan fingerprint density at radius 2 is 1.93 bits per heavy atom. The molecule has 2 fully saturated rings. The van der Waals surface area contributed by atoms with Crippen LogP contribution >= 0.6 is 0 Å². The van der Waals surface area contributed by atoms with Crippen LogP contribution in [0.3, 0.4) is 0 Å². The Morgan fingerprint density at radius 1 is 1.29 bits per heavy atom. The Labute approximate surface area is 159 Å². The number of carbonyl (C=O) groups excluding carboxylic acids is 2. The molecule has 5 atom stereocenters. The number of allylic oxidation sites excluding steroid dienone is 2. The van der Waals surface area contributed by atoms with Crippen molar-refractivity contribution in [2.24, 2.45) is 34.7 Å². The summed E-state index contributed by atoms with van der Waals surface area (Å²) in [6.45, 7) is 1.72. The zero-order chi connectivity index (χ0) is 21.0. The van der Waals surface area contributed by atoms with Crippen LogP contribution in [0.25, 0.3) is 0 Å². The quantitative estimate of drug-likeness (QED) is 0.494. The molecule has 0 aromatic heterocycles. The summed E-state index contributed by atoms with van der Waals surface area (Å²) in [6.07, 6.45) is 0.445. The van der Waals surface area contributed by atoms with Crippen molar-refractivity contribution < 1.29 is 40.8 Å². The van der Waals surface area contributed by atoms with E-state index < -0.39 is 51.7 Å². The van der Waals surface area contributed by atoms with Gasteiger partial charge < -0.3 is 9.47 Å². The van der Waals surface area contributed by atoms with Crippen LogP contribution in [0.15, 0.2) is 16.4 Å². The molecule has 1 aliphatic heterocycles. The van der Waals surface area contributed by atoms with Gasteiger partial charge in [-0.15, -0.1) is 0 Å². The lowest BCUT2D eigenvalue weighted by Gasteiger charge is -2.37. The van der Waals surface area contributed by atoms with Gasteiger partial charge in [0, 0.05) is 17.3 Å². The normalized spacial score (nSPS) is 31.8. The fraction of sp³-hybridized carbons (Fsp3) is 0.688. The van der Waals surface area contributed by atoms with Crippen molar-refractivity contribution in [3.63, 3.8) is 0 Å². The second-order valence-corrected chi connectivity index (χ2v) is 8.77. The second kappa shape index (κ2) is 6.76. The third-order valence-electron chi connectivity index (χ3n) is 5.76. The number of nitrogens with one attached hydrogen (secondary N) is 1. The highest BCUT2D eigenvalue weighted by atomic mass is 32.2. The molecule has 3 aliphatic rings. The summed E-state index contributed by atoms with van der Waals surface area (Å²) in [5.74, 6) is -4.75. The molecule has 2 aliphatic carbocycles. The molecule has 2 N–H and O–H groups in total. The van der Waals surface area contributed by atoms with Gasteiger partial charge in [0.15, 0.2) is 6.61 Å². The van der Waals surface area contributed by atoms with Crippen LogP contribution in [-0.4, -0.2) is 49.6 Å². The second-order valence-electron chi connectivity index (χ2n) is 7.22. The van der Waals surface area contributed by atoms with E-state index in [9.17, 15) is 26.8 Å². The van der Waals surface area contributed by atoms with Crippen LogP contribution in [0, 0.1) is 29.6 Å². The molecule has 5 unspecified atom stereocenters. The SMILES string of the molecule is COC(=O)C1C2CC(C3=C(C)NN=C(C)C32)C1C(=O)OCC(F)(F)S(=O)(=O)O. The number of esters is 2. The van der Waals surface area contributed by atoms with Crippen molar-refractivity contribution >= 4 is 27.8 Å². The van der Waals surface area contributed by atoms with E-state index in [1.54, 1.807) is 13.8 Å². The first-order chi connectivity index (χ1) is 12.9. The number of hydrogen-bond acceptors (Lipinski definition) is 8. The first-order valence-electron chi connectivity index (χ1n) is 8.51. The van der Waals surface area contributed by atoms with E-state index in [4.69, 9.17) is 9.29 Å². The first-order valence-corrected chi connectivity index (χ1v) is 9.95. The number of carbonyl (C=O) groups is 2. The Morgan fingerprint density at radius 3 is 2.50 bits per heavy atom. The molecular weight excluding hydrogens is 402 g/mol. The molecule has 12 heteroatoms. The van der Waals surface area contributed by atoms with Crippen LogP contribution in [0.2, 0.25) is 0 Å². The molecule has 0 aromatic rings. The lowest BCUT2D eigenvalue weighted by molar-refractivity contribution is -0.165. The lowest BCUT2D eigenvalue weighted by Crippen LogP contribution is -2.45. The molecule has 0 aromatic carbocycles. The van der Waals surface area contributed by atoms with E-state index in [1.807, 2.05) is 0 Å². The zero-order valence-corrected chi connectivity index (χ0v) is 16.1. The van der Waals surface area contributed by atoms with Crippen molar-refractivity contribution in [3.05, 3.63) is 11.3 Å². The van der Waals surface area contributed by atoms with Gasteiger partial charge in [-0.1, -0.05) is 0 Å². The molecule has 9 nitrogen and oxygen atoms in total. The molecule has 0 saturated heterocycles. The number of rotatable bonds is 5. The number of methoxy groups -OCH3 is 1. The molecule has 2 saturated carbocycles. The summed E-state index contributed by atoms with van der Waals surface area (Å²) in [7, 11) is -4.58. The molecule has 2 bridgehead atoms. The molecule has 28 heavy (non-hydrogen) atoms. The summed E-state index contributed by atoms with van der Waals surface area (Å²) in [6, 6.07) is 0. The van der Waals surface area contributed by atoms with Crippen molar-refractivity contribution in [1.82, 2.24) is 5.43 Å². The van der Waals surface area contributed by atoms with Gasteiger partial charge >= 0.3 is 27.3 Å². The maximum Gasteiger partial charge on any atom is 0.402 e. The van der Waals surface area contributed by atoms with Crippen LogP contribution in [0.4, 0.5) is 8.78 Å². The Balaban J connectivity index is 1.89. The monoisotopic (exact) mass is 422 g/mol. The Kier molecular flexibility index (Phi) is 4.99. The highest BCUT2D eigenvalue weighted by Gasteiger charge is 2.63. The minimum absolute atomic E-state index is 0.168. The summed E-state index contributed by atoms with van der Waals surface area (Å²) in [4.78, 5) is 24.9. The van der Waals surface area contributed by atoms with E-state index in [1.165, 1.54) is 0 Å². The van der Waals surface area contributed by atoms with Gasteiger partial charge in [0.25, 0.3) is 0 Å². The number of ether oxygens (including phenoxy) is 2. The molecular formula is C16H20F2N2O7S. The van der Waals surface area contributed by atoms with Gasteiger partial charge in [-0.25, -0.2) is 0 Å². The smallest absolute Gasteiger partial charge is 0.402 e. The van der Waals surface area contributed by atoms with E-state index in [-0.39, 0.29) is 11.8 Å². The number of alkyl halides is 2. The number of hydrazone groups is 1. The first kappa shape index (κ1) is 20.6. The average molecular weight is 422 g/mol. The Bertz CT molecular complexity index is 883. The average Bonchev–Trinajstić information content (AvgIpc) is 3.18. The summed E-state index contributed by atoms with van der Waals surface area (Å²) in [5, 5.41) is -0.440. The van der Waals surface area contributed by atoms with Crippen molar-refractivity contribution in [3.8, 4) is 0 Å². The number of nitrogens with zero attached hydrogens (tertiary/aromatic N) is 1. The molecule has 3 rings (SSSR count). The third-order valence-corrected chi connectivity index (χ3v) is 6.63. The molecule has 1 heterocycles. The molecule has 156 valence electrons. The summed E-state index contributed by atoms with van der Waals surface area (Å²) in [5.41, 5.74) is 5.17. The number of fused-ring (bicyclic) bond motifs is 5. The maximum absolute atomic E-state index is 13.4. The highest BCUT2D eigenvalue weighted by Crippen LogP contribution is 2.60. The van der Waals surface area contributed by atoms with E-state index >= 15 is 0 Å². The van der Waals surface area contributed by atoms with E-state index in [2.05, 4.69) is 15.3 Å². The van der Waals surface area contributed by atoms with Crippen LogP contribution in [0.1, 0.15) is 20.3 Å². The minimum atomic E-state index is -5.74. The Hall–Kier alpha value is -2.08. The van der Waals surface area contributed by atoms with Crippen LogP contribution < -0.4 is 5.43 Å². The zero-order valence-electron chi connectivity index (χ0n) is 15.3. The highest BCUT2D eigenvalue weighted by molar-refractivity contribution is 7.86. The van der Waals surface area contributed by atoms with Gasteiger partial charge in [-0.2, -0.15) is 22.3 Å². The molecule has 0 radical (unpaired) electrons. The van der Waals surface area contributed by atoms with E-state index in [0.29, 0.717) is 12.1 Å². The van der Waals surface area contributed by atoms with Crippen molar-refractivity contribution in [2.45, 2.75) is 25.5 Å². The van der Waals surface area contributed by atoms with Gasteiger partial charge in [0.05, 0.1) is 18.9 Å². The number of hydrogen-bond donors (Lipinski definition) is 2. The van der Waals surface area contributed by atoms with Crippen molar-refractivity contribution in [2.75, 3.05) is 13.7 Å². The van der Waals surface area contributed by atoms with Gasteiger partial charge in [0.1, 0.15) is 0 Å². The van der Waals surface area contributed by atoms with E-state index in [0.717, 1.165) is 18.4 Å². The fourth-order valence-corrected chi connectivity index (χ4v) is 4.88. The predicted octanol–water partition coefficient (Wildman–Crippen LogP) is 0.935. The third kappa shape index (κ3) is 3.08. The topological polar surface area (TPSA) is 131 Å². The molecule has 0 amide bonds. The number of halogens is 2. The maximum atomic E-state index is 13.4. The van der Waals surface area contributed by atoms with Gasteiger partial charge in [-0.05, 0) is 37.7 Å². The minimum Gasteiger partial charge on any atom is -0.469 e. The van der Waals surface area contributed by atoms with Gasteiger partial charge in [-0.3, -0.25) is 19.6 Å². The summed E-state index contributed by atoms with van der Waals surface area (Å²) < 4.78 is 66.2. The molecule has 0 spiro atoms. The standard InChI is InChI=1S/C16H20F2N2O7S/c1-6-10-8-4-9(11(10)7(2)20-19-6)13(12(8)14(21)26-3)15(22)27-5-16(17,18)28(23,24)25/h8-10,12-13,20H,4-5H2,1-3H3,(H,23,24,25). The largest absolute Gasteiger partial charge is 0.469 e. The fourth-order valence-electron chi connectivity index (χ4n) is 4.67.